The summed E-state index contributed by atoms with van der Waals surface area (Å²) in [4.78, 5) is 19.4. The molecule has 0 bridgehead atoms. The van der Waals surface area contributed by atoms with Crippen molar-refractivity contribution < 1.29 is 13.6 Å². The van der Waals surface area contributed by atoms with E-state index in [-0.39, 0.29) is 17.2 Å². The first-order valence-electron chi connectivity index (χ1n) is 6.33. The number of thiazole rings is 1. The van der Waals surface area contributed by atoms with Gasteiger partial charge in [0.05, 0.1) is 11.1 Å². The van der Waals surface area contributed by atoms with E-state index in [1.165, 1.54) is 36.7 Å². The third-order valence-electron chi connectivity index (χ3n) is 2.52. The van der Waals surface area contributed by atoms with E-state index in [0.717, 1.165) is 0 Å². The molecule has 1 amide bonds. The van der Waals surface area contributed by atoms with Crippen molar-refractivity contribution in [3.05, 3.63) is 28.9 Å². The van der Waals surface area contributed by atoms with Crippen LogP contribution < -0.4 is 5.32 Å². The van der Waals surface area contributed by atoms with Crippen LogP contribution in [0.5, 0.6) is 0 Å². The van der Waals surface area contributed by atoms with Crippen LogP contribution in [0, 0.1) is 0 Å². The highest BCUT2D eigenvalue weighted by Crippen LogP contribution is 2.28. The van der Waals surface area contributed by atoms with Crippen molar-refractivity contribution in [3.8, 4) is 0 Å². The first kappa shape index (κ1) is 15.4. The number of oxazole rings is 1. The molecule has 112 valence electrons. The van der Waals surface area contributed by atoms with Gasteiger partial charge in [-0.3, -0.25) is 4.79 Å². The van der Waals surface area contributed by atoms with Crippen LogP contribution in [0.15, 0.2) is 16.8 Å². The lowest BCUT2D eigenvalue weighted by molar-refractivity contribution is -0.114. The van der Waals surface area contributed by atoms with Crippen molar-refractivity contribution in [2.24, 2.45) is 0 Å². The summed E-state index contributed by atoms with van der Waals surface area (Å²) in [5.74, 6) is -0.245. The maximum atomic E-state index is 14.1. The Morgan fingerprint density at radius 2 is 2.10 bits per heavy atom. The Morgan fingerprint density at radius 1 is 1.38 bits per heavy atom. The molecule has 5 nitrogen and oxygen atoms in total. The van der Waals surface area contributed by atoms with Crippen molar-refractivity contribution in [1.29, 1.82) is 0 Å². The van der Waals surface area contributed by atoms with E-state index in [0.29, 0.717) is 15.8 Å². The van der Waals surface area contributed by atoms with Gasteiger partial charge in [0.2, 0.25) is 5.91 Å². The lowest BCUT2D eigenvalue weighted by atomic mass is 9.94. The summed E-state index contributed by atoms with van der Waals surface area (Å²) < 4.78 is 19.5. The predicted molar refractivity (Wildman–Crippen MR) is 80.6 cm³/mol. The van der Waals surface area contributed by atoms with Crippen LogP contribution in [0.3, 0.4) is 0 Å². The molecule has 1 N–H and O–H groups in total. The van der Waals surface area contributed by atoms with Gasteiger partial charge < -0.3 is 9.73 Å². The van der Waals surface area contributed by atoms with Crippen LogP contribution in [-0.4, -0.2) is 15.9 Å². The van der Waals surface area contributed by atoms with Crippen LogP contribution >= 0.6 is 11.3 Å². The largest absolute Gasteiger partial charge is 0.439 e. The van der Waals surface area contributed by atoms with E-state index >= 15 is 0 Å². The van der Waals surface area contributed by atoms with Crippen LogP contribution in [0.1, 0.15) is 44.2 Å². The van der Waals surface area contributed by atoms with Crippen molar-refractivity contribution >= 4 is 34.3 Å². The molecule has 0 spiro atoms. The summed E-state index contributed by atoms with van der Waals surface area (Å²) in [6, 6.07) is 0. The Kier molecular flexibility index (Phi) is 4.22. The molecular weight excluding hydrogens is 293 g/mol. The number of aromatic nitrogens is 2. The molecule has 0 atom stereocenters. The molecule has 0 fully saturated rings. The Balaban J connectivity index is 2.19. The second-order valence-corrected chi connectivity index (χ2v) is 6.58. The molecule has 2 rings (SSSR count). The van der Waals surface area contributed by atoms with Gasteiger partial charge in [0, 0.05) is 18.5 Å². The van der Waals surface area contributed by atoms with Crippen molar-refractivity contribution in [1.82, 2.24) is 9.97 Å². The Morgan fingerprint density at radius 3 is 2.67 bits per heavy atom. The van der Waals surface area contributed by atoms with Gasteiger partial charge in [0.25, 0.3) is 5.89 Å². The molecule has 2 aromatic heterocycles. The highest BCUT2D eigenvalue weighted by Gasteiger charge is 2.20. The van der Waals surface area contributed by atoms with Crippen LogP contribution in [0.4, 0.5) is 9.52 Å². The average Bonchev–Trinajstić information content (AvgIpc) is 2.96. The Bertz CT molecular complexity index is 682. The van der Waals surface area contributed by atoms with E-state index in [1.54, 1.807) is 0 Å². The van der Waals surface area contributed by atoms with Gasteiger partial charge in [-0.05, 0) is 6.08 Å². The van der Waals surface area contributed by atoms with Crippen molar-refractivity contribution in [3.63, 3.8) is 0 Å². The maximum absolute atomic E-state index is 14.1. The SMILES string of the molecule is CC(=O)Nc1ncc(/C=C(\F)c2ncc(C(C)(C)C)o2)s1. The number of carbonyl (C=O) groups excluding carboxylic acids is 1. The number of halogens is 1. The average molecular weight is 309 g/mol. The van der Waals surface area contributed by atoms with Crippen molar-refractivity contribution in [2.75, 3.05) is 5.32 Å². The second kappa shape index (κ2) is 5.77. The van der Waals surface area contributed by atoms with E-state index in [9.17, 15) is 9.18 Å². The minimum absolute atomic E-state index is 0.0607. The molecule has 0 aromatic carbocycles. The topological polar surface area (TPSA) is 68.0 Å². The fourth-order valence-electron chi connectivity index (χ4n) is 1.48. The number of nitrogens with one attached hydrogen (secondary N) is 1. The molecule has 0 radical (unpaired) electrons. The molecule has 21 heavy (non-hydrogen) atoms. The number of anilines is 1. The summed E-state index contributed by atoms with van der Waals surface area (Å²) in [6.45, 7) is 7.27. The zero-order valence-electron chi connectivity index (χ0n) is 12.2. The summed E-state index contributed by atoms with van der Waals surface area (Å²) in [5, 5.41) is 2.96. The van der Waals surface area contributed by atoms with Crippen LogP contribution in [0.2, 0.25) is 0 Å². The third kappa shape index (κ3) is 3.98. The number of hydrogen-bond donors (Lipinski definition) is 1. The molecule has 0 saturated carbocycles. The molecule has 2 heterocycles. The van der Waals surface area contributed by atoms with E-state index < -0.39 is 5.83 Å². The molecule has 0 aliphatic heterocycles. The fraction of sp³-hybridized carbons (Fsp3) is 0.357. The van der Waals surface area contributed by atoms with Gasteiger partial charge >= 0.3 is 0 Å². The zero-order chi connectivity index (χ0) is 15.6. The fourth-order valence-corrected chi connectivity index (χ4v) is 2.27. The Labute approximate surface area is 125 Å². The number of carbonyl (C=O) groups is 1. The molecule has 2 aromatic rings. The summed E-state index contributed by atoms with van der Waals surface area (Å²) in [7, 11) is 0. The number of rotatable bonds is 3. The van der Waals surface area contributed by atoms with Crippen LogP contribution in [-0.2, 0) is 10.2 Å². The first-order valence-corrected chi connectivity index (χ1v) is 7.14. The highest BCUT2D eigenvalue weighted by molar-refractivity contribution is 7.16. The van der Waals surface area contributed by atoms with Crippen molar-refractivity contribution in [2.45, 2.75) is 33.1 Å². The highest BCUT2D eigenvalue weighted by atomic mass is 32.1. The lowest BCUT2D eigenvalue weighted by Gasteiger charge is -2.12. The smallest absolute Gasteiger partial charge is 0.255 e. The summed E-state index contributed by atoms with van der Waals surface area (Å²) in [6.07, 6.45) is 4.28. The van der Waals surface area contributed by atoms with E-state index in [1.807, 2.05) is 20.8 Å². The van der Waals surface area contributed by atoms with Gasteiger partial charge in [0.15, 0.2) is 11.0 Å². The van der Waals surface area contributed by atoms with Crippen LogP contribution in [0.25, 0.3) is 11.9 Å². The third-order valence-corrected chi connectivity index (χ3v) is 3.38. The summed E-state index contributed by atoms with van der Waals surface area (Å²) in [5.41, 5.74) is -0.228. The molecule has 0 saturated heterocycles. The van der Waals surface area contributed by atoms with E-state index in [2.05, 4.69) is 15.3 Å². The van der Waals surface area contributed by atoms with Gasteiger partial charge in [-0.25, -0.2) is 14.4 Å². The molecule has 0 aliphatic carbocycles. The van der Waals surface area contributed by atoms with E-state index in [4.69, 9.17) is 4.42 Å². The second-order valence-electron chi connectivity index (χ2n) is 5.52. The monoisotopic (exact) mass is 309 g/mol. The normalized spacial score (nSPS) is 12.5. The Hall–Kier alpha value is -2.02. The van der Waals surface area contributed by atoms with Gasteiger partial charge in [-0.2, -0.15) is 0 Å². The number of nitrogens with zero attached hydrogens (tertiary/aromatic N) is 2. The zero-order valence-corrected chi connectivity index (χ0v) is 13.0. The molecular formula is C14H16FN3O2S. The predicted octanol–water partition coefficient (Wildman–Crippen LogP) is 3.85. The maximum Gasteiger partial charge on any atom is 0.255 e. The van der Waals surface area contributed by atoms with Gasteiger partial charge in [-0.1, -0.05) is 32.1 Å². The quantitative estimate of drug-likeness (QED) is 0.935. The minimum Gasteiger partial charge on any atom is -0.439 e. The molecule has 7 heteroatoms. The van der Waals surface area contributed by atoms with Gasteiger partial charge in [0.1, 0.15) is 5.76 Å². The summed E-state index contributed by atoms with van der Waals surface area (Å²) >= 11 is 1.17. The number of amides is 1. The molecule has 0 aliphatic rings. The first-order chi connectivity index (χ1) is 9.75. The standard InChI is InChI=1S/C14H16FN3O2S/c1-8(19)18-13-17-6-9(21-13)5-10(15)12-16-7-11(20-12)14(2,3)4/h5-7H,1-4H3,(H,17,18,19)/b10-5-. The minimum atomic E-state index is -0.580. The molecule has 0 unspecified atom stereocenters. The number of hydrogen-bond acceptors (Lipinski definition) is 5. The lowest BCUT2D eigenvalue weighted by Crippen LogP contribution is -2.09. The van der Waals surface area contributed by atoms with Gasteiger partial charge in [-0.15, -0.1) is 0 Å².